The van der Waals surface area contributed by atoms with Crippen LogP contribution in [-0.2, 0) is 14.3 Å². The van der Waals surface area contributed by atoms with Crippen LogP contribution >= 0.6 is 0 Å². The van der Waals surface area contributed by atoms with E-state index in [1.165, 1.54) is 24.3 Å². The maximum absolute atomic E-state index is 12.1. The zero-order chi connectivity index (χ0) is 21.2. The van der Waals surface area contributed by atoms with Crippen molar-refractivity contribution < 1.29 is 28.8 Å². The van der Waals surface area contributed by atoms with Crippen molar-refractivity contribution in [2.24, 2.45) is 0 Å². The number of hydrogen-bond donors (Lipinski definition) is 1. The lowest BCUT2D eigenvalue weighted by Gasteiger charge is -2.07. The summed E-state index contributed by atoms with van der Waals surface area (Å²) in [6.45, 7) is 1.82. The Morgan fingerprint density at radius 1 is 1.07 bits per heavy atom. The highest BCUT2D eigenvalue weighted by Gasteiger charge is 2.13. The van der Waals surface area contributed by atoms with E-state index in [1.54, 1.807) is 24.3 Å². The summed E-state index contributed by atoms with van der Waals surface area (Å²) < 4.78 is 10.1. The fourth-order valence-electron chi connectivity index (χ4n) is 2.38. The molecular formula is C20H20N2O7. The summed E-state index contributed by atoms with van der Waals surface area (Å²) in [6, 6.07) is 12.0. The van der Waals surface area contributed by atoms with E-state index < -0.39 is 23.4 Å². The first-order valence-corrected chi connectivity index (χ1v) is 8.85. The van der Waals surface area contributed by atoms with Gasteiger partial charge in [-0.25, -0.2) is 0 Å². The molecule has 0 aliphatic rings. The molecule has 2 aromatic carbocycles. The Bertz CT molecular complexity index is 894. The Labute approximate surface area is 166 Å². The first-order chi connectivity index (χ1) is 13.9. The molecule has 0 heterocycles. The van der Waals surface area contributed by atoms with E-state index in [1.807, 2.05) is 6.92 Å². The third kappa shape index (κ3) is 7.06. The average molecular weight is 400 g/mol. The maximum atomic E-state index is 12.1. The highest BCUT2D eigenvalue weighted by Crippen LogP contribution is 2.17. The van der Waals surface area contributed by atoms with Gasteiger partial charge >= 0.3 is 5.97 Å². The predicted molar refractivity (Wildman–Crippen MR) is 104 cm³/mol. The van der Waals surface area contributed by atoms with Gasteiger partial charge in [0.2, 0.25) is 0 Å². The first kappa shape index (κ1) is 21.5. The van der Waals surface area contributed by atoms with Crippen molar-refractivity contribution in [3.05, 3.63) is 64.2 Å². The van der Waals surface area contributed by atoms with Gasteiger partial charge in [-0.05, 0) is 37.3 Å². The molecule has 0 radical (unpaired) electrons. The Balaban J connectivity index is 1.74. The predicted octanol–water partition coefficient (Wildman–Crippen LogP) is 3.14. The molecule has 0 unspecified atom stereocenters. The molecule has 9 nitrogen and oxygen atoms in total. The van der Waals surface area contributed by atoms with Gasteiger partial charge in [0.05, 0.1) is 18.0 Å². The number of nitro benzene ring substituents is 1. The Kier molecular flexibility index (Phi) is 7.84. The molecule has 0 aliphatic heterocycles. The molecule has 0 fully saturated rings. The third-order valence-electron chi connectivity index (χ3n) is 3.75. The summed E-state index contributed by atoms with van der Waals surface area (Å²) in [5, 5.41) is 13.1. The molecule has 0 aromatic heterocycles. The molecule has 1 amide bonds. The van der Waals surface area contributed by atoms with Crippen LogP contribution in [0.25, 0.3) is 0 Å². The number of rotatable bonds is 10. The number of hydrogen-bond acceptors (Lipinski definition) is 7. The Morgan fingerprint density at radius 2 is 1.79 bits per heavy atom. The summed E-state index contributed by atoms with van der Waals surface area (Å²) in [7, 11) is 0. The number of nitro groups is 1. The summed E-state index contributed by atoms with van der Waals surface area (Å²) in [5.41, 5.74) is 0.489. The smallest absolute Gasteiger partial charge is 0.306 e. The number of non-ortho nitro benzene ring substituents is 1. The minimum absolute atomic E-state index is 0.0562. The van der Waals surface area contributed by atoms with Gasteiger partial charge in [0.25, 0.3) is 11.6 Å². The molecule has 1 N–H and O–H groups in total. The molecule has 0 atom stereocenters. The number of ether oxygens (including phenoxy) is 2. The molecule has 0 aliphatic carbocycles. The largest absolute Gasteiger partial charge is 0.494 e. The van der Waals surface area contributed by atoms with Crippen molar-refractivity contribution >= 4 is 29.0 Å². The molecular weight excluding hydrogens is 380 g/mol. The normalized spacial score (nSPS) is 10.1. The Hall–Kier alpha value is -3.75. The minimum atomic E-state index is -0.696. The van der Waals surface area contributed by atoms with Crippen LogP contribution in [0.3, 0.4) is 0 Å². The van der Waals surface area contributed by atoms with Crippen LogP contribution in [0.1, 0.15) is 30.1 Å². The van der Waals surface area contributed by atoms with Crippen molar-refractivity contribution in [2.45, 2.75) is 19.8 Å². The number of benzene rings is 2. The highest BCUT2D eigenvalue weighted by atomic mass is 16.6. The number of carbonyl (C=O) groups is 3. The number of nitrogens with one attached hydrogen (secondary N) is 1. The van der Waals surface area contributed by atoms with Crippen LogP contribution in [0.2, 0.25) is 0 Å². The van der Waals surface area contributed by atoms with Crippen molar-refractivity contribution in [2.75, 3.05) is 18.5 Å². The lowest BCUT2D eigenvalue weighted by atomic mass is 10.1. The van der Waals surface area contributed by atoms with Gasteiger partial charge in [-0.2, -0.15) is 0 Å². The van der Waals surface area contributed by atoms with Gasteiger partial charge in [-0.3, -0.25) is 24.5 Å². The monoisotopic (exact) mass is 400 g/mol. The standard InChI is InChI=1S/C20H20N2O7/c1-2-28-17-8-6-14(7-9-17)18(23)10-11-20(25)29-13-19(24)21-15-4-3-5-16(12-15)22(26)27/h3-9,12H,2,10-11,13H2,1H3,(H,21,24). The van der Waals surface area contributed by atoms with Crippen molar-refractivity contribution in [3.8, 4) is 5.75 Å². The molecule has 2 rings (SSSR count). The van der Waals surface area contributed by atoms with Gasteiger partial charge in [-0.15, -0.1) is 0 Å². The van der Waals surface area contributed by atoms with Gasteiger partial charge in [0.1, 0.15) is 5.75 Å². The summed E-state index contributed by atoms with van der Waals surface area (Å²) in [6.07, 6.45) is -0.227. The van der Waals surface area contributed by atoms with Crippen LogP contribution in [-0.4, -0.2) is 35.8 Å². The van der Waals surface area contributed by atoms with Gasteiger partial charge in [0, 0.05) is 29.8 Å². The number of esters is 1. The lowest BCUT2D eigenvalue weighted by Crippen LogP contribution is -2.21. The zero-order valence-electron chi connectivity index (χ0n) is 15.8. The quantitative estimate of drug-likeness (QED) is 0.281. The van der Waals surface area contributed by atoms with Gasteiger partial charge < -0.3 is 14.8 Å². The third-order valence-corrected chi connectivity index (χ3v) is 3.75. The molecule has 9 heteroatoms. The van der Waals surface area contributed by atoms with Crippen LogP contribution in [0.4, 0.5) is 11.4 Å². The fourth-order valence-corrected chi connectivity index (χ4v) is 2.38. The molecule has 0 bridgehead atoms. The van der Waals surface area contributed by atoms with Crippen molar-refractivity contribution in [3.63, 3.8) is 0 Å². The highest BCUT2D eigenvalue weighted by molar-refractivity contribution is 5.98. The topological polar surface area (TPSA) is 125 Å². The summed E-state index contributed by atoms with van der Waals surface area (Å²) in [5.74, 6) is -0.917. The number of anilines is 1. The Morgan fingerprint density at radius 3 is 2.45 bits per heavy atom. The number of nitrogens with zero attached hydrogens (tertiary/aromatic N) is 1. The molecule has 29 heavy (non-hydrogen) atoms. The maximum Gasteiger partial charge on any atom is 0.306 e. The number of ketones is 1. The van der Waals surface area contributed by atoms with Crippen LogP contribution in [0, 0.1) is 10.1 Å². The average Bonchev–Trinajstić information content (AvgIpc) is 2.71. The molecule has 0 spiro atoms. The molecule has 0 saturated heterocycles. The molecule has 152 valence electrons. The van der Waals surface area contributed by atoms with Crippen LogP contribution in [0.15, 0.2) is 48.5 Å². The van der Waals surface area contributed by atoms with E-state index in [4.69, 9.17) is 9.47 Å². The SMILES string of the molecule is CCOc1ccc(C(=O)CCC(=O)OCC(=O)Nc2cccc([N+](=O)[O-])c2)cc1. The van der Waals surface area contributed by atoms with Gasteiger partial charge in [0.15, 0.2) is 12.4 Å². The summed E-state index contributed by atoms with van der Waals surface area (Å²) in [4.78, 5) is 45.8. The zero-order valence-corrected chi connectivity index (χ0v) is 15.8. The van der Waals surface area contributed by atoms with Gasteiger partial charge in [-0.1, -0.05) is 6.07 Å². The van der Waals surface area contributed by atoms with E-state index in [0.717, 1.165) is 0 Å². The second-order valence-corrected chi connectivity index (χ2v) is 5.90. The minimum Gasteiger partial charge on any atom is -0.494 e. The lowest BCUT2D eigenvalue weighted by molar-refractivity contribution is -0.384. The second-order valence-electron chi connectivity index (χ2n) is 5.90. The van der Waals surface area contributed by atoms with Crippen molar-refractivity contribution in [1.82, 2.24) is 0 Å². The first-order valence-electron chi connectivity index (χ1n) is 8.85. The van der Waals surface area contributed by atoms with Crippen LogP contribution in [0.5, 0.6) is 5.75 Å². The summed E-state index contributed by atoms with van der Waals surface area (Å²) >= 11 is 0. The number of amides is 1. The van der Waals surface area contributed by atoms with E-state index in [2.05, 4.69) is 5.32 Å². The van der Waals surface area contributed by atoms with Crippen LogP contribution < -0.4 is 10.1 Å². The van der Waals surface area contributed by atoms with E-state index in [-0.39, 0.29) is 30.0 Å². The van der Waals surface area contributed by atoms with E-state index in [0.29, 0.717) is 17.9 Å². The fraction of sp³-hybridized carbons (Fsp3) is 0.250. The number of carbonyl (C=O) groups excluding carboxylic acids is 3. The second kappa shape index (κ2) is 10.5. The van der Waals surface area contributed by atoms with E-state index in [9.17, 15) is 24.5 Å². The molecule has 2 aromatic rings. The van der Waals surface area contributed by atoms with Crippen molar-refractivity contribution in [1.29, 1.82) is 0 Å². The number of Topliss-reactive ketones (excluding diaryl/α,β-unsaturated/α-hetero) is 1. The molecule has 0 saturated carbocycles. The van der Waals surface area contributed by atoms with E-state index >= 15 is 0 Å².